The Kier molecular flexibility index (Phi) is 3.10. The van der Waals surface area contributed by atoms with Crippen molar-refractivity contribution in [3.05, 3.63) is 21.9 Å². The van der Waals surface area contributed by atoms with Gasteiger partial charge in [-0.3, -0.25) is 4.79 Å². The van der Waals surface area contributed by atoms with Gasteiger partial charge in [0.2, 0.25) is 0 Å². The van der Waals surface area contributed by atoms with E-state index in [9.17, 15) is 4.79 Å². The summed E-state index contributed by atoms with van der Waals surface area (Å²) in [5.74, 6) is 0.733. The summed E-state index contributed by atoms with van der Waals surface area (Å²) >= 11 is 1.82. The summed E-state index contributed by atoms with van der Waals surface area (Å²) < 4.78 is 4.73. The van der Waals surface area contributed by atoms with Crippen molar-refractivity contribution in [2.45, 2.75) is 26.2 Å². The van der Waals surface area contributed by atoms with Gasteiger partial charge in [-0.05, 0) is 49.1 Å². The van der Waals surface area contributed by atoms with E-state index in [2.05, 4.69) is 18.4 Å². The van der Waals surface area contributed by atoms with Crippen LogP contribution in [0.5, 0.6) is 0 Å². The highest BCUT2D eigenvalue weighted by Crippen LogP contribution is 2.43. The van der Waals surface area contributed by atoms with Crippen LogP contribution in [0.25, 0.3) is 0 Å². The molecule has 2 atom stereocenters. The van der Waals surface area contributed by atoms with E-state index < -0.39 is 0 Å². The molecule has 0 N–H and O–H groups in total. The Morgan fingerprint density at radius 1 is 1.67 bits per heavy atom. The highest BCUT2D eigenvalue weighted by atomic mass is 32.1. The topological polar surface area (TPSA) is 26.3 Å². The van der Waals surface area contributed by atoms with Gasteiger partial charge in [0, 0.05) is 4.88 Å². The summed E-state index contributed by atoms with van der Waals surface area (Å²) in [5, 5.41) is 2.13. The summed E-state index contributed by atoms with van der Waals surface area (Å²) in [6, 6.07) is 2.16. The van der Waals surface area contributed by atoms with Crippen LogP contribution in [0.15, 0.2) is 11.4 Å². The molecule has 1 aromatic heterocycles. The van der Waals surface area contributed by atoms with Crippen LogP contribution in [0.4, 0.5) is 0 Å². The van der Waals surface area contributed by atoms with Crippen molar-refractivity contribution in [2.24, 2.45) is 11.8 Å². The van der Waals surface area contributed by atoms with Crippen LogP contribution in [0, 0.1) is 18.8 Å². The van der Waals surface area contributed by atoms with E-state index in [0.29, 0.717) is 5.92 Å². The van der Waals surface area contributed by atoms with Crippen molar-refractivity contribution in [2.75, 3.05) is 7.11 Å². The molecule has 0 aromatic carbocycles. The van der Waals surface area contributed by atoms with Gasteiger partial charge in [0.25, 0.3) is 0 Å². The van der Waals surface area contributed by atoms with Crippen molar-refractivity contribution in [1.29, 1.82) is 0 Å². The molecule has 0 spiro atoms. The van der Waals surface area contributed by atoms with Crippen molar-refractivity contribution in [3.8, 4) is 0 Å². The van der Waals surface area contributed by atoms with Crippen LogP contribution in [0.2, 0.25) is 0 Å². The number of rotatable bonds is 4. The zero-order valence-electron chi connectivity index (χ0n) is 9.16. The van der Waals surface area contributed by atoms with Crippen molar-refractivity contribution in [1.82, 2.24) is 0 Å². The second-order valence-electron chi connectivity index (χ2n) is 4.19. The summed E-state index contributed by atoms with van der Waals surface area (Å²) in [6.45, 7) is 2.15. The van der Waals surface area contributed by atoms with Crippen molar-refractivity contribution >= 4 is 17.3 Å². The third kappa shape index (κ3) is 2.40. The molecule has 1 fully saturated rings. The Hall–Kier alpha value is -0.830. The average Bonchev–Trinajstić information content (AvgIpc) is 2.91. The number of methoxy groups -OCH3 is 1. The van der Waals surface area contributed by atoms with Gasteiger partial charge in [0.1, 0.15) is 0 Å². The lowest BCUT2D eigenvalue weighted by atomic mass is 10.1. The fourth-order valence-electron chi connectivity index (χ4n) is 1.98. The largest absolute Gasteiger partial charge is 0.469 e. The Balaban J connectivity index is 1.77. The van der Waals surface area contributed by atoms with Crippen LogP contribution >= 0.6 is 11.3 Å². The molecule has 15 heavy (non-hydrogen) atoms. The van der Waals surface area contributed by atoms with Gasteiger partial charge < -0.3 is 4.74 Å². The summed E-state index contributed by atoms with van der Waals surface area (Å²) in [4.78, 5) is 12.7. The van der Waals surface area contributed by atoms with Crippen molar-refractivity contribution in [3.63, 3.8) is 0 Å². The van der Waals surface area contributed by atoms with E-state index >= 15 is 0 Å². The lowest BCUT2D eigenvalue weighted by Crippen LogP contribution is -2.04. The van der Waals surface area contributed by atoms with Crippen LogP contribution in [-0.4, -0.2) is 13.1 Å². The van der Waals surface area contributed by atoms with E-state index in [0.717, 1.165) is 19.3 Å². The zero-order chi connectivity index (χ0) is 10.8. The minimum atomic E-state index is -0.0251. The minimum absolute atomic E-state index is 0.0251. The lowest BCUT2D eigenvalue weighted by Gasteiger charge is -1.99. The van der Waals surface area contributed by atoms with E-state index in [1.165, 1.54) is 17.6 Å². The van der Waals surface area contributed by atoms with Gasteiger partial charge in [0.05, 0.1) is 13.0 Å². The molecule has 82 valence electrons. The van der Waals surface area contributed by atoms with E-state index in [-0.39, 0.29) is 11.9 Å². The van der Waals surface area contributed by atoms with Gasteiger partial charge in [-0.1, -0.05) is 0 Å². The summed E-state index contributed by atoms with van der Waals surface area (Å²) in [5.41, 5.74) is 1.38. The molecule has 3 heteroatoms. The molecule has 2 nitrogen and oxygen atoms in total. The van der Waals surface area contributed by atoms with Crippen LogP contribution in [0.1, 0.15) is 23.3 Å². The second kappa shape index (κ2) is 4.35. The summed E-state index contributed by atoms with van der Waals surface area (Å²) in [6.07, 6.45) is 3.26. The quantitative estimate of drug-likeness (QED) is 0.735. The predicted octanol–water partition coefficient (Wildman–Crippen LogP) is 2.80. The molecule has 1 aromatic rings. The van der Waals surface area contributed by atoms with E-state index in [1.54, 1.807) is 0 Å². The standard InChI is InChI=1S/C12H16O2S/c1-8-5-6-15-11(8)4-3-9-7-10(9)12(13)14-2/h5-6,9-10H,3-4,7H2,1-2H3. The zero-order valence-corrected chi connectivity index (χ0v) is 9.97. The first kappa shape index (κ1) is 10.7. The molecule has 1 heterocycles. The molecule has 0 radical (unpaired) electrons. The maximum absolute atomic E-state index is 11.2. The fourth-order valence-corrected chi connectivity index (χ4v) is 2.91. The molecule has 0 bridgehead atoms. The summed E-state index contributed by atoms with van der Waals surface area (Å²) in [7, 11) is 1.47. The fraction of sp³-hybridized carbons (Fsp3) is 0.583. The Bertz CT molecular complexity index is 356. The van der Waals surface area contributed by atoms with Crippen LogP contribution in [-0.2, 0) is 16.0 Å². The number of esters is 1. The molecule has 1 aliphatic carbocycles. The van der Waals surface area contributed by atoms with Gasteiger partial charge in [-0.2, -0.15) is 0 Å². The van der Waals surface area contributed by atoms with Crippen LogP contribution < -0.4 is 0 Å². The molecular weight excluding hydrogens is 208 g/mol. The minimum Gasteiger partial charge on any atom is -0.469 e. The normalized spacial score (nSPS) is 23.9. The van der Waals surface area contributed by atoms with Gasteiger partial charge in [0.15, 0.2) is 0 Å². The molecule has 1 saturated carbocycles. The van der Waals surface area contributed by atoms with Crippen LogP contribution in [0.3, 0.4) is 0 Å². The average molecular weight is 224 g/mol. The Morgan fingerprint density at radius 3 is 3.07 bits per heavy atom. The highest BCUT2D eigenvalue weighted by Gasteiger charge is 2.43. The third-order valence-electron chi connectivity index (χ3n) is 3.14. The molecule has 1 aliphatic rings. The Morgan fingerprint density at radius 2 is 2.47 bits per heavy atom. The number of carbonyl (C=O) groups is 1. The highest BCUT2D eigenvalue weighted by molar-refractivity contribution is 7.10. The number of hydrogen-bond acceptors (Lipinski definition) is 3. The molecular formula is C12H16O2S. The molecule has 2 unspecified atom stereocenters. The maximum Gasteiger partial charge on any atom is 0.308 e. The lowest BCUT2D eigenvalue weighted by molar-refractivity contribution is -0.142. The number of hydrogen-bond donors (Lipinski definition) is 0. The number of thiophene rings is 1. The maximum atomic E-state index is 11.2. The number of ether oxygens (including phenoxy) is 1. The monoisotopic (exact) mass is 224 g/mol. The van der Waals surface area contributed by atoms with Gasteiger partial charge >= 0.3 is 5.97 Å². The first-order chi connectivity index (χ1) is 7.22. The number of aryl methyl sites for hydroxylation is 2. The first-order valence-corrected chi connectivity index (χ1v) is 6.21. The molecule has 0 amide bonds. The third-order valence-corrected chi connectivity index (χ3v) is 4.22. The molecule has 0 aliphatic heterocycles. The number of carbonyl (C=O) groups excluding carboxylic acids is 1. The SMILES string of the molecule is COC(=O)C1CC1CCc1sccc1C. The smallest absolute Gasteiger partial charge is 0.308 e. The Labute approximate surface area is 94.3 Å². The van der Waals surface area contributed by atoms with Crippen molar-refractivity contribution < 1.29 is 9.53 Å². The van der Waals surface area contributed by atoms with Gasteiger partial charge in [-0.25, -0.2) is 0 Å². The predicted molar refractivity (Wildman–Crippen MR) is 61.0 cm³/mol. The second-order valence-corrected chi connectivity index (χ2v) is 5.19. The molecule has 2 rings (SSSR count). The first-order valence-electron chi connectivity index (χ1n) is 5.33. The molecule has 0 saturated heterocycles. The van der Waals surface area contributed by atoms with Gasteiger partial charge in [-0.15, -0.1) is 11.3 Å². The van der Waals surface area contributed by atoms with E-state index in [1.807, 2.05) is 11.3 Å². The van der Waals surface area contributed by atoms with E-state index in [4.69, 9.17) is 4.74 Å².